The number of hydrogen-bond donors (Lipinski definition) is 2. The summed E-state index contributed by atoms with van der Waals surface area (Å²) in [5.74, 6) is 1.39. The molecule has 1 aromatic heterocycles. The maximum absolute atomic E-state index is 7.48. The average molecular weight is 271 g/mol. The summed E-state index contributed by atoms with van der Waals surface area (Å²) in [4.78, 5) is 4.41. The first-order chi connectivity index (χ1) is 7.92. The molecule has 0 spiro atoms. The van der Waals surface area contributed by atoms with Gasteiger partial charge in [0.25, 0.3) is 0 Å². The van der Waals surface area contributed by atoms with Crippen LogP contribution in [0.5, 0.6) is 0 Å². The van der Waals surface area contributed by atoms with Gasteiger partial charge in [0.1, 0.15) is 4.34 Å². The van der Waals surface area contributed by atoms with Gasteiger partial charge < -0.3 is 5.73 Å². The van der Waals surface area contributed by atoms with E-state index in [0.29, 0.717) is 5.84 Å². The monoisotopic (exact) mass is 271 g/mol. The normalized spacial score (nSPS) is 11.7. The van der Waals surface area contributed by atoms with Gasteiger partial charge in [0.2, 0.25) is 0 Å². The zero-order chi connectivity index (χ0) is 12.9. The minimum Gasteiger partial charge on any atom is -0.387 e. The molecule has 1 aromatic rings. The number of aryl methyl sites for hydroxylation is 1. The van der Waals surface area contributed by atoms with Crippen LogP contribution in [-0.2, 0) is 0 Å². The minimum atomic E-state index is -0.150. The van der Waals surface area contributed by atoms with Gasteiger partial charge in [-0.3, -0.25) is 5.41 Å². The molecule has 0 radical (unpaired) electrons. The predicted octanol–water partition coefficient (Wildman–Crippen LogP) is 3.68. The molecule has 0 aromatic carbocycles. The summed E-state index contributed by atoms with van der Waals surface area (Å²) in [5, 5.41) is 9.56. The first-order valence-corrected chi connectivity index (χ1v) is 7.68. The molecule has 0 aliphatic heterocycles. The fourth-order valence-electron chi connectivity index (χ4n) is 1.36. The smallest absolute Gasteiger partial charge is 0.150 e. The number of amidine groups is 1. The van der Waals surface area contributed by atoms with Crippen LogP contribution in [0.1, 0.15) is 38.8 Å². The number of nitrogens with zero attached hydrogens (tertiary/aromatic N) is 1. The Hall–Kier alpha value is -0.550. The Bertz CT molecular complexity index is 372. The van der Waals surface area contributed by atoms with Gasteiger partial charge in [0.15, 0.2) is 0 Å². The van der Waals surface area contributed by atoms with Crippen molar-refractivity contribution in [3.63, 3.8) is 0 Å². The van der Waals surface area contributed by atoms with Crippen molar-refractivity contribution >= 4 is 28.9 Å². The molecule has 5 heteroatoms. The second-order valence-electron chi connectivity index (χ2n) is 4.86. The molecule has 17 heavy (non-hydrogen) atoms. The molecule has 0 saturated heterocycles. The van der Waals surface area contributed by atoms with E-state index in [1.54, 1.807) is 11.3 Å². The molecule has 3 N–H and O–H groups in total. The summed E-state index contributed by atoms with van der Waals surface area (Å²) in [6, 6.07) is 0. The highest BCUT2D eigenvalue weighted by Gasteiger charge is 2.20. The molecule has 0 aliphatic carbocycles. The Balaban J connectivity index is 2.15. The fourth-order valence-corrected chi connectivity index (χ4v) is 3.28. The Morgan fingerprint density at radius 2 is 2.24 bits per heavy atom. The lowest BCUT2D eigenvalue weighted by Crippen LogP contribution is -2.30. The highest BCUT2D eigenvalue weighted by molar-refractivity contribution is 8.00. The van der Waals surface area contributed by atoms with Gasteiger partial charge in [-0.1, -0.05) is 32.0 Å². The van der Waals surface area contributed by atoms with Crippen molar-refractivity contribution in [3.05, 3.63) is 11.1 Å². The van der Waals surface area contributed by atoms with E-state index >= 15 is 0 Å². The Morgan fingerprint density at radius 3 is 2.76 bits per heavy atom. The van der Waals surface area contributed by atoms with Crippen molar-refractivity contribution in [1.82, 2.24) is 4.98 Å². The summed E-state index contributed by atoms with van der Waals surface area (Å²) >= 11 is 3.54. The van der Waals surface area contributed by atoms with Crippen LogP contribution in [0.3, 0.4) is 0 Å². The number of thiazole rings is 1. The lowest BCUT2D eigenvalue weighted by Gasteiger charge is -2.22. The van der Waals surface area contributed by atoms with Crippen molar-refractivity contribution in [3.8, 4) is 0 Å². The van der Waals surface area contributed by atoms with E-state index < -0.39 is 0 Å². The summed E-state index contributed by atoms with van der Waals surface area (Å²) in [6.07, 6.45) is 3.25. The standard InChI is InChI=1S/C12H21N3S2/c1-9-8-17-11(15-9)16-7-5-4-6-12(2,3)10(13)14/h8H,4-7H2,1-3H3,(H3,13,14). The van der Waals surface area contributed by atoms with E-state index in [4.69, 9.17) is 11.1 Å². The zero-order valence-electron chi connectivity index (χ0n) is 10.7. The summed E-state index contributed by atoms with van der Waals surface area (Å²) < 4.78 is 1.16. The lowest BCUT2D eigenvalue weighted by molar-refractivity contribution is 0.448. The van der Waals surface area contributed by atoms with Gasteiger partial charge >= 0.3 is 0 Å². The number of thioether (sulfide) groups is 1. The average Bonchev–Trinajstić information content (AvgIpc) is 2.63. The largest absolute Gasteiger partial charge is 0.387 e. The molecule has 0 saturated carbocycles. The molecule has 1 rings (SSSR count). The van der Waals surface area contributed by atoms with Crippen LogP contribution in [0.2, 0.25) is 0 Å². The summed E-state index contributed by atoms with van der Waals surface area (Å²) in [5.41, 5.74) is 6.50. The van der Waals surface area contributed by atoms with Crippen LogP contribution in [0.15, 0.2) is 9.72 Å². The topological polar surface area (TPSA) is 62.8 Å². The van der Waals surface area contributed by atoms with E-state index in [1.165, 1.54) is 0 Å². The minimum absolute atomic E-state index is 0.150. The number of nitrogens with two attached hydrogens (primary N) is 1. The highest BCUT2D eigenvalue weighted by Crippen LogP contribution is 2.26. The second-order valence-corrected chi connectivity index (χ2v) is 7.06. The molecule has 0 unspecified atom stereocenters. The van der Waals surface area contributed by atoms with Crippen LogP contribution < -0.4 is 5.73 Å². The van der Waals surface area contributed by atoms with Crippen molar-refractivity contribution in [1.29, 1.82) is 5.41 Å². The van der Waals surface area contributed by atoms with E-state index in [0.717, 1.165) is 35.0 Å². The Kier molecular flexibility index (Phi) is 5.46. The molecule has 0 fully saturated rings. The van der Waals surface area contributed by atoms with Crippen molar-refractivity contribution < 1.29 is 0 Å². The van der Waals surface area contributed by atoms with Crippen LogP contribution in [-0.4, -0.2) is 16.6 Å². The van der Waals surface area contributed by atoms with Crippen molar-refractivity contribution in [2.45, 2.75) is 44.4 Å². The maximum Gasteiger partial charge on any atom is 0.150 e. The first-order valence-electron chi connectivity index (χ1n) is 5.81. The molecule has 0 atom stereocenters. The Morgan fingerprint density at radius 1 is 1.53 bits per heavy atom. The first kappa shape index (κ1) is 14.5. The molecular weight excluding hydrogens is 250 g/mol. The SMILES string of the molecule is Cc1csc(SCCCCC(C)(C)C(=N)N)n1. The number of aromatic nitrogens is 1. The third-order valence-corrected chi connectivity index (χ3v) is 4.97. The number of nitrogens with one attached hydrogen (secondary N) is 1. The molecule has 0 amide bonds. The number of unbranched alkanes of at least 4 members (excludes halogenated alkanes) is 1. The Labute approximate surface area is 112 Å². The van der Waals surface area contributed by atoms with Gasteiger partial charge in [-0.2, -0.15) is 0 Å². The number of hydrogen-bond acceptors (Lipinski definition) is 4. The van der Waals surface area contributed by atoms with Gasteiger partial charge in [-0.25, -0.2) is 4.98 Å². The molecule has 1 heterocycles. The molecule has 96 valence electrons. The van der Waals surface area contributed by atoms with Gasteiger partial charge in [-0.15, -0.1) is 11.3 Å². The zero-order valence-corrected chi connectivity index (χ0v) is 12.4. The van der Waals surface area contributed by atoms with Crippen LogP contribution in [0.25, 0.3) is 0 Å². The fraction of sp³-hybridized carbons (Fsp3) is 0.667. The predicted molar refractivity (Wildman–Crippen MR) is 77.1 cm³/mol. The third-order valence-electron chi connectivity index (χ3n) is 2.75. The maximum atomic E-state index is 7.48. The van der Waals surface area contributed by atoms with E-state index in [-0.39, 0.29) is 5.41 Å². The van der Waals surface area contributed by atoms with Crippen molar-refractivity contribution in [2.75, 3.05) is 5.75 Å². The molecular formula is C12H21N3S2. The van der Waals surface area contributed by atoms with E-state index in [2.05, 4.69) is 10.4 Å². The van der Waals surface area contributed by atoms with Crippen molar-refractivity contribution in [2.24, 2.45) is 11.1 Å². The summed E-state index contributed by atoms with van der Waals surface area (Å²) in [7, 11) is 0. The molecule has 0 aliphatic rings. The van der Waals surface area contributed by atoms with Crippen LogP contribution in [0, 0.1) is 17.7 Å². The van der Waals surface area contributed by atoms with Gasteiger partial charge in [0.05, 0.1) is 5.84 Å². The molecule has 3 nitrogen and oxygen atoms in total. The van der Waals surface area contributed by atoms with Gasteiger partial charge in [0, 0.05) is 22.2 Å². The molecule has 0 bridgehead atoms. The van der Waals surface area contributed by atoms with E-state index in [9.17, 15) is 0 Å². The van der Waals surface area contributed by atoms with Crippen LogP contribution >= 0.6 is 23.1 Å². The number of rotatable bonds is 7. The highest BCUT2D eigenvalue weighted by atomic mass is 32.2. The van der Waals surface area contributed by atoms with Crippen LogP contribution in [0.4, 0.5) is 0 Å². The second kappa shape index (κ2) is 6.40. The quantitative estimate of drug-likeness (QED) is 0.344. The summed E-state index contributed by atoms with van der Waals surface area (Å²) in [6.45, 7) is 6.09. The van der Waals surface area contributed by atoms with Gasteiger partial charge in [-0.05, 0) is 19.8 Å². The lowest BCUT2D eigenvalue weighted by atomic mass is 9.86. The third kappa shape index (κ3) is 5.08. The van der Waals surface area contributed by atoms with E-state index in [1.807, 2.05) is 32.5 Å².